The van der Waals surface area contributed by atoms with E-state index < -0.39 is 0 Å². The van der Waals surface area contributed by atoms with Crippen LogP contribution in [0, 0.1) is 0 Å². The largest absolute Gasteiger partial charge is 0.359 e. The molecule has 0 spiro atoms. The van der Waals surface area contributed by atoms with Crippen LogP contribution in [-0.4, -0.2) is 5.78 Å². The van der Waals surface area contributed by atoms with Gasteiger partial charge in [0.2, 0.25) is 0 Å². The number of rotatable bonds is 2. The van der Waals surface area contributed by atoms with Crippen LogP contribution in [0.15, 0.2) is 41.6 Å². The number of benzene rings is 1. The normalized spacial score (nSPS) is 19.1. The summed E-state index contributed by atoms with van der Waals surface area (Å²) in [4.78, 5) is 11.5. The fraction of sp³-hybridized carbons (Fsp3) is 0.308. The van der Waals surface area contributed by atoms with Crippen LogP contribution < -0.4 is 5.32 Å². The Morgan fingerprint density at radius 3 is 2.53 bits per heavy atom. The standard InChI is InChI=1S/C13H15NO/c1-10(12-8-5-9-13(12)15)14-11-6-3-2-4-7-11/h2-4,6-7,14H,5,8-9H2,1H3/b12-10+. The van der Waals surface area contributed by atoms with Gasteiger partial charge in [-0.25, -0.2) is 0 Å². The predicted octanol–water partition coefficient (Wildman–Crippen LogP) is 3.13. The first-order chi connectivity index (χ1) is 7.27. The van der Waals surface area contributed by atoms with E-state index in [4.69, 9.17) is 0 Å². The van der Waals surface area contributed by atoms with Gasteiger partial charge in [-0.1, -0.05) is 18.2 Å². The van der Waals surface area contributed by atoms with Gasteiger partial charge in [-0.3, -0.25) is 4.79 Å². The third-order valence-corrected chi connectivity index (χ3v) is 2.73. The quantitative estimate of drug-likeness (QED) is 0.745. The minimum Gasteiger partial charge on any atom is -0.359 e. The molecule has 0 unspecified atom stereocenters. The van der Waals surface area contributed by atoms with E-state index in [-0.39, 0.29) is 0 Å². The lowest BCUT2D eigenvalue weighted by Crippen LogP contribution is -2.03. The number of carbonyl (C=O) groups excluding carboxylic acids is 1. The van der Waals surface area contributed by atoms with Gasteiger partial charge >= 0.3 is 0 Å². The molecule has 0 aliphatic heterocycles. The maximum absolute atomic E-state index is 11.5. The van der Waals surface area contributed by atoms with E-state index in [1.807, 2.05) is 37.3 Å². The lowest BCUT2D eigenvalue weighted by molar-refractivity contribution is -0.114. The molecular formula is C13H15NO. The van der Waals surface area contributed by atoms with Crippen LogP contribution in [0.5, 0.6) is 0 Å². The maximum Gasteiger partial charge on any atom is 0.160 e. The lowest BCUT2D eigenvalue weighted by Gasteiger charge is -2.08. The first-order valence-electron chi connectivity index (χ1n) is 5.32. The van der Waals surface area contributed by atoms with Gasteiger partial charge in [-0.2, -0.15) is 0 Å². The molecule has 1 aliphatic rings. The Labute approximate surface area is 90.0 Å². The fourth-order valence-electron chi connectivity index (χ4n) is 1.93. The molecule has 0 heterocycles. The Balaban J connectivity index is 2.16. The molecule has 1 N–H and O–H groups in total. The van der Waals surface area contributed by atoms with Crippen LogP contribution in [-0.2, 0) is 4.79 Å². The topological polar surface area (TPSA) is 29.1 Å². The van der Waals surface area contributed by atoms with Crippen LogP contribution in [0.25, 0.3) is 0 Å². The first kappa shape index (κ1) is 9.97. The van der Waals surface area contributed by atoms with Crippen LogP contribution in [0.1, 0.15) is 26.2 Å². The number of ketones is 1. The molecule has 78 valence electrons. The smallest absolute Gasteiger partial charge is 0.160 e. The molecule has 0 saturated heterocycles. The second-order valence-corrected chi connectivity index (χ2v) is 3.87. The molecule has 0 aromatic heterocycles. The zero-order valence-corrected chi connectivity index (χ0v) is 8.92. The number of allylic oxidation sites excluding steroid dienone is 2. The molecule has 1 aliphatic carbocycles. The first-order valence-corrected chi connectivity index (χ1v) is 5.32. The van der Waals surface area contributed by atoms with Crippen molar-refractivity contribution in [2.24, 2.45) is 0 Å². The number of Topliss-reactive ketones (excluding diaryl/α,β-unsaturated/α-hetero) is 1. The zero-order valence-electron chi connectivity index (χ0n) is 8.92. The van der Waals surface area contributed by atoms with E-state index >= 15 is 0 Å². The Kier molecular flexibility index (Phi) is 2.86. The van der Waals surface area contributed by atoms with Gasteiger partial charge in [0.05, 0.1) is 0 Å². The molecule has 1 aromatic carbocycles. The number of hydrogen-bond donors (Lipinski definition) is 1. The van der Waals surface area contributed by atoms with Gasteiger partial charge in [-0.15, -0.1) is 0 Å². The molecule has 2 rings (SSSR count). The van der Waals surface area contributed by atoms with Crippen molar-refractivity contribution >= 4 is 11.5 Å². The molecule has 1 fully saturated rings. The highest BCUT2D eigenvalue weighted by Crippen LogP contribution is 2.24. The molecule has 15 heavy (non-hydrogen) atoms. The second kappa shape index (κ2) is 4.30. The number of nitrogens with one attached hydrogen (secondary N) is 1. The molecule has 2 nitrogen and oxygen atoms in total. The van der Waals surface area contributed by atoms with Crippen molar-refractivity contribution in [1.29, 1.82) is 0 Å². The minimum atomic E-state index is 0.302. The zero-order chi connectivity index (χ0) is 10.7. The Morgan fingerprint density at radius 2 is 1.93 bits per heavy atom. The van der Waals surface area contributed by atoms with Crippen LogP contribution in [0.2, 0.25) is 0 Å². The van der Waals surface area contributed by atoms with Gasteiger partial charge in [-0.05, 0) is 31.9 Å². The molecular weight excluding hydrogens is 186 g/mol. The van der Waals surface area contributed by atoms with Crippen molar-refractivity contribution in [3.63, 3.8) is 0 Å². The molecule has 0 amide bonds. The van der Waals surface area contributed by atoms with Crippen molar-refractivity contribution in [2.75, 3.05) is 5.32 Å². The third kappa shape index (κ3) is 2.27. The average molecular weight is 201 g/mol. The van der Waals surface area contributed by atoms with Crippen LogP contribution in [0.3, 0.4) is 0 Å². The van der Waals surface area contributed by atoms with Crippen molar-refractivity contribution in [2.45, 2.75) is 26.2 Å². The number of para-hydroxylation sites is 1. The highest BCUT2D eigenvalue weighted by molar-refractivity contribution is 5.98. The summed E-state index contributed by atoms with van der Waals surface area (Å²) < 4.78 is 0. The SMILES string of the molecule is C/C(Nc1ccccc1)=C1/CCCC1=O. The Morgan fingerprint density at radius 1 is 1.20 bits per heavy atom. The summed E-state index contributed by atoms with van der Waals surface area (Å²) in [6.07, 6.45) is 2.63. The van der Waals surface area contributed by atoms with Crippen molar-refractivity contribution in [1.82, 2.24) is 0 Å². The van der Waals surface area contributed by atoms with E-state index in [0.717, 1.165) is 29.8 Å². The van der Waals surface area contributed by atoms with Gasteiger partial charge < -0.3 is 5.32 Å². The number of carbonyl (C=O) groups is 1. The summed E-state index contributed by atoms with van der Waals surface area (Å²) in [5.74, 6) is 0.302. The van der Waals surface area contributed by atoms with Gasteiger partial charge in [0.25, 0.3) is 0 Å². The van der Waals surface area contributed by atoms with E-state index in [2.05, 4.69) is 5.32 Å². The highest BCUT2D eigenvalue weighted by atomic mass is 16.1. The monoisotopic (exact) mass is 201 g/mol. The average Bonchev–Trinajstić information content (AvgIpc) is 2.66. The summed E-state index contributed by atoms with van der Waals surface area (Å²) in [6.45, 7) is 1.98. The summed E-state index contributed by atoms with van der Waals surface area (Å²) >= 11 is 0. The summed E-state index contributed by atoms with van der Waals surface area (Å²) in [6, 6.07) is 9.95. The van der Waals surface area contributed by atoms with E-state index in [0.29, 0.717) is 12.2 Å². The third-order valence-electron chi connectivity index (χ3n) is 2.73. The van der Waals surface area contributed by atoms with E-state index in [9.17, 15) is 4.79 Å². The second-order valence-electron chi connectivity index (χ2n) is 3.87. The van der Waals surface area contributed by atoms with E-state index in [1.54, 1.807) is 0 Å². The van der Waals surface area contributed by atoms with Gasteiger partial charge in [0, 0.05) is 23.4 Å². The molecule has 0 radical (unpaired) electrons. The number of hydrogen-bond acceptors (Lipinski definition) is 2. The number of anilines is 1. The summed E-state index contributed by atoms with van der Waals surface area (Å²) in [7, 11) is 0. The van der Waals surface area contributed by atoms with Crippen LogP contribution >= 0.6 is 0 Å². The molecule has 1 saturated carbocycles. The molecule has 0 atom stereocenters. The highest BCUT2D eigenvalue weighted by Gasteiger charge is 2.19. The lowest BCUT2D eigenvalue weighted by atomic mass is 10.1. The van der Waals surface area contributed by atoms with Gasteiger partial charge in [0.15, 0.2) is 5.78 Å². The Bertz CT molecular complexity index is 392. The van der Waals surface area contributed by atoms with Crippen molar-refractivity contribution in [3.8, 4) is 0 Å². The van der Waals surface area contributed by atoms with Crippen molar-refractivity contribution < 1.29 is 4.79 Å². The fourth-order valence-corrected chi connectivity index (χ4v) is 1.93. The maximum atomic E-state index is 11.5. The predicted molar refractivity (Wildman–Crippen MR) is 61.6 cm³/mol. The van der Waals surface area contributed by atoms with E-state index in [1.165, 1.54) is 0 Å². The molecule has 0 bridgehead atoms. The van der Waals surface area contributed by atoms with Crippen molar-refractivity contribution in [3.05, 3.63) is 41.6 Å². The van der Waals surface area contributed by atoms with Gasteiger partial charge in [0.1, 0.15) is 0 Å². The summed E-state index contributed by atoms with van der Waals surface area (Å²) in [5.41, 5.74) is 3.02. The molecule has 1 aromatic rings. The molecule has 2 heteroatoms. The summed E-state index contributed by atoms with van der Waals surface area (Å²) in [5, 5.41) is 3.27. The Hall–Kier alpha value is -1.57. The van der Waals surface area contributed by atoms with Crippen LogP contribution in [0.4, 0.5) is 5.69 Å². The minimum absolute atomic E-state index is 0.302.